The first kappa shape index (κ1) is 13.0. The molecule has 2 bridgehead atoms. The average molecular weight is 289 g/mol. The molecule has 3 aliphatic rings. The van der Waals surface area contributed by atoms with Crippen molar-refractivity contribution in [3.8, 4) is 5.75 Å². The summed E-state index contributed by atoms with van der Waals surface area (Å²) in [4.78, 5) is 1.03. The Morgan fingerprint density at radius 3 is 3.05 bits per heavy atom. The third-order valence-electron chi connectivity index (χ3n) is 5.94. The van der Waals surface area contributed by atoms with Crippen LogP contribution in [-0.4, -0.2) is 23.9 Å². The number of piperidine rings is 1. The summed E-state index contributed by atoms with van der Waals surface area (Å²) >= 11 is 1.65. The van der Waals surface area contributed by atoms with Crippen molar-refractivity contribution in [1.82, 2.24) is 5.32 Å². The molecule has 0 spiro atoms. The van der Waals surface area contributed by atoms with Gasteiger partial charge in [0.25, 0.3) is 0 Å². The first-order valence-electron chi connectivity index (χ1n) is 7.88. The van der Waals surface area contributed by atoms with Gasteiger partial charge >= 0.3 is 0 Å². The molecule has 1 saturated carbocycles. The number of hydrogen-bond donors (Lipinski definition) is 2. The highest BCUT2D eigenvalue weighted by atomic mass is 32.2. The van der Waals surface area contributed by atoms with Crippen LogP contribution in [0.2, 0.25) is 0 Å². The van der Waals surface area contributed by atoms with Crippen molar-refractivity contribution in [3.05, 3.63) is 23.3 Å². The summed E-state index contributed by atoms with van der Waals surface area (Å²) < 4.78 is 0. The fourth-order valence-electron chi connectivity index (χ4n) is 5.11. The highest BCUT2D eigenvalue weighted by Crippen LogP contribution is 2.55. The molecule has 4 rings (SSSR count). The zero-order valence-corrected chi connectivity index (χ0v) is 12.9. The molecule has 1 saturated heterocycles. The number of nitrogens with one attached hydrogen (secondary N) is 1. The molecule has 2 nitrogen and oxygen atoms in total. The van der Waals surface area contributed by atoms with Crippen LogP contribution in [0, 0.1) is 5.92 Å². The summed E-state index contributed by atoms with van der Waals surface area (Å²) in [7, 11) is 0. The lowest BCUT2D eigenvalue weighted by Gasteiger charge is -2.56. The van der Waals surface area contributed by atoms with Crippen molar-refractivity contribution >= 4 is 11.8 Å². The third-order valence-corrected chi connectivity index (χ3v) is 6.71. The van der Waals surface area contributed by atoms with Crippen LogP contribution in [-0.2, 0) is 11.8 Å². The van der Waals surface area contributed by atoms with Gasteiger partial charge in [0, 0.05) is 16.4 Å². The molecule has 3 atom stereocenters. The van der Waals surface area contributed by atoms with Crippen molar-refractivity contribution < 1.29 is 5.11 Å². The molecule has 2 fully saturated rings. The van der Waals surface area contributed by atoms with E-state index in [0.717, 1.165) is 23.8 Å². The average Bonchev–Trinajstić information content (AvgIpc) is 2.48. The summed E-state index contributed by atoms with van der Waals surface area (Å²) in [6.07, 6.45) is 9.87. The fourth-order valence-corrected chi connectivity index (χ4v) is 5.64. The summed E-state index contributed by atoms with van der Waals surface area (Å²) in [6, 6.07) is 5.03. The van der Waals surface area contributed by atoms with Gasteiger partial charge in [0.05, 0.1) is 0 Å². The summed E-state index contributed by atoms with van der Waals surface area (Å²) in [5.41, 5.74) is 3.33. The Labute approximate surface area is 125 Å². The molecule has 2 aliphatic carbocycles. The van der Waals surface area contributed by atoms with Crippen LogP contribution in [0.4, 0.5) is 0 Å². The van der Waals surface area contributed by atoms with E-state index in [1.807, 2.05) is 6.26 Å². The molecule has 1 aromatic rings. The second kappa shape index (κ2) is 4.67. The van der Waals surface area contributed by atoms with Crippen LogP contribution in [0.5, 0.6) is 5.75 Å². The predicted molar refractivity (Wildman–Crippen MR) is 83.6 cm³/mol. The summed E-state index contributed by atoms with van der Waals surface area (Å²) in [6.45, 7) is 1.14. The molecular formula is C17H23NOS. The Morgan fingerprint density at radius 2 is 2.20 bits per heavy atom. The second-order valence-corrected chi connectivity index (χ2v) is 7.55. The van der Waals surface area contributed by atoms with Crippen molar-refractivity contribution in [3.63, 3.8) is 0 Å². The number of phenols is 1. The minimum atomic E-state index is 0.357. The maximum absolute atomic E-state index is 10.3. The van der Waals surface area contributed by atoms with Gasteiger partial charge in [-0.3, -0.25) is 0 Å². The Bertz CT molecular complexity index is 540. The number of benzene rings is 1. The third kappa shape index (κ3) is 1.69. The van der Waals surface area contributed by atoms with E-state index in [-0.39, 0.29) is 0 Å². The molecule has 0 unspecified atom stereocenters. The minimum absolute atomic E-state index is 0.357. The highest BCUT2D eigenvalue weighted by Gasteiger charge is 2.51. The minimum Gasteiger partial charge on any atom is -0.507 e. The maximum Gasteiger partial charge on any atom is 0.129 e. The molecule has 0 amide bonds. The standard InChI is InChI=1S/C17H23NOS/c1-20-16-9-11-8-14-12-4-2-3-5-17(12,6-7-18-14)13(11)10-15(16)19/h9-10,12,14,18-19H,2-8H2,1H3/t12-,14+,17+/m1/s1. The highest BCUT2D eigenvalue weighted by molar-refractivity contribution is 7.98. The van der Waals surface area contributed by atoms with Crippen molar-refractivity contribution in [2.24, 2.45) is 5.92 Å². The van der Waals surface area contributed by atoms with Gasteiger partial charge in [0.2, 0.25) is 0 Å². The lowest BCUT2D eigenvalue weighted by atomic mass is 9.53. The summed E-state index contributed by atoms with van der Waals surface area (Å²) in [5, 5.41) is 14.1. The number of rotatable bonds is 1. The van der Waals surface area contributed by atoms with Crippen LogP contribution >= 0.6 is 11.8 Å². The van der Waals surface area contributed by atoms with Crippen molar-refractivity contribution in [2.45, 2.75) is 54.9 Å². The van der Waals surface area contributed by atoms with E-state index in [2.05, 4.69) is 17.4 Å². The quantitative estimate of drug-likeness (QED) is 0.777. The SMILES string of the molecule is CSc1cc2c(cc1O)[C@]13CCCC[C@@H]1[C@H](C2)NCC3. The molecule has 0 radical (unpaired) electrons. The second-order valence-electron chi connectivity index (χ2n) is 6.70. The van der Waals surface area contributed by atoms with Crippen LogP contribution in [0.25, 0.3) is 0 Å². The number of fused-ring (bicyclic) bond motifs is 1. The van der Waals surface area contributed by atoms with E-state index in [1.54, 1.807) is 11.8 Å². The van der Waals surface area contributed by atoms with E-state index in [0.29, 0.717) is 17.2 Å². The number of thioether (sulfide) groups is 1. The number of hydrogen-bond acceptors (Lipinski definition) is 3. The molecule has 1 aromatic carbocycles. The van der Waals surface area contributed by atoms with Gasteiger partial charge in [-0.1, -0.05) is 12.8 Å². The van der Waals surface area contributed by atoms with Gasteiger partial charge in [0.15, 0.2) is 0 Å². The van der Waals surface area contributed by atoms with Gasteiger partial charge in [0.1, 0.15) is 5.75 Å². The lowest BCUT2D eigenvalue weighted by Crippen LogP contribution is -2.59. The first-order chi connectivity index (χ1) is 9.74. The molecular weight excluding hydrogens is 266 g/mol. The topological polar surface area (TPSA) is 32.3 Å². The maximum atomic E-state index is 10.3. The Balaban J connectivity index is 1.89. The molecule has 0 aromatic heterocycles. The number of aromatic hydroxyl groups is 1. The van der Waals surface area contributed by atoms with E-state index in [4.69, 9.17) is 0 Å². The van der Waals surface area contributed by atoms with Crippen LogP contribution < -0.4 is 5.32 Å². The van der Waals surface area contributed by atoms with E-state index >= 15 is 0 Å². The molecule has 1 heterocycles. The van der Waals surface area contributed by atoms with Gasteiger partial charge in [-0.05, 0) is 67.7 Å². The van der Waals surface area contributed by atoms with Gasteiger partial charge < -0.3 is 10.4 Å². The normalized spacial score (nSPS) is 35.2. The smallest absolute Gasteiger partial charge is 0.129 e. The van der Waals surface area contributed by atoms with Gasteiger partial charge in [-0.25, -0.2) is 0 Å². The van der Waals surface area contributed by atoms with E-state index < -0.39 is 0 Å². The van der Waals surface area contributed by atoms with Crippen molar-refractivity contribution in [2.75, 3.05) is 12.8 Å². The van der Waals surface area contributed by atoms with Crippen LogP contribution in [0.15, 0.2) is 17.0 Å². The lowest BCUT2D eigenvalue weighted by molar-refractivity contribution is 0.0794. The zero-order chi connectivity index (χ0) is 13.7. The van der Waals surface area contributed by atoms with Crippen LogP contribution in [0.1, 0.15) is 43.2 Å². The Kier molecular flexibility index (Phi) is 3.04. The summed E-state index contributed by atoms with van der Waals surface area (Å²) in [5.74, 6) is 1.28. The zero-order valence-electron chi connectivity index (χ0n) is 12.1. The van der Waals surface area contributed by atoms with Crippen molar-refractivity contribution in [1.29, 1.82) is 0 Å². The first-order valence-corrected chi connectivity index (χ1v) is 9.11. The molecule has 1 aliphatic heterocycles. The van der Waals surface area contributed by atoms with E-state index in [9.17, 15) is 5.11 Å². The Morgan fingerprint density at radius 1 is 1.30 bits per heavy atom. The molecule has 3 heteroatoms. The predicted octanol–water partition coefficient (Wildman–Crippen LogP) is 3.46. The van der Waals surface area contributed by atoms with E-state index in [1.165, 1.54) is 43.2 Å². The monoisotopic (exact) mass is 289 g/mol. The molecule has 20 heavy (non-hydrogen) atoms. The largest absolute Gasteiger partial charge is 0.507 e. The molecule has 2 N–H and O–H groups in total. The fraction of sp³-hybridized carbons (Fsp3) is 0.647. The number of phenolic OH excluding ortho intramolecular Hbond substituents is 1. The van der Waals surface area contributed by atoms with Gasteiger partial charge in [-0.2, -0.15) is 0 Å². The Hall–Kier alpha value is -0.670. The van der Waals surface area contributed by atoms with Gasteiger partial charge in [-0.15, -0.1) is 11.8 Å². The van der Waals surface area contributed by atoms with Crippen LogP contribution in [0.3, 0.4) is 0 Å². The molecule has 108 valence electrons.